The van der Waals surface area contributed by atoms with Gasteiger partial charge in [-0.1, -0.05) is 6.07 Å². The summed E-state index contributed by atoms with van der Waals surface area (Å²) in [6.07, 6.45) is 6.32. The maximum Gasteiger partial charge on any atom is 0.321 e. The van der Waals surface area contributed by atoms with Gasteiger partial charge in [-0.05, 0) is 55.4 Å². The van der Waals surface area contributed by atoms with Crippen LogP contribution in [0.5, 0.6) is 0 Å². The molecule has 0 saturated carbocycles. The highest BCUT2D eigenvalue weighted by molar-refractivity contribution is 5.89. The molecule has 0 bridgehead atoms. The third-order valence-corrected chi connectivity index (χ3v) is 5.50. The van der Waals surface area contributed by atoms with E-state index in [0.29, 0.717) is 6.10 Å². The number of ether oxygens (including phenoxy) is 1. The number of fused-ring (bicyclic) bond motifs is 1. The van der Waals surface area contributed by atoms with Crippen molar-refractivity contribution in [3.63, 3.8) is 0 Å². The third kappa shape index (κ3) is 3.57. The molecule has 4 rings (SSSR count). The summed E-state index contributed by atoms with van der Waals surface area (Å²) in [7, 11) is 0. The van der Waals surface area contributed by atoms with Crippen LogP contribution in [-0.2, 0) is 17.6 Å². The van der Waals surface area contributed by atoms with E-state index in [1.807, 2.05) is 11.0 Å². The third-order valence-electron chi connectivity index (χ3n) is 5.50. The van der Waals surface area contributed by atoms with E-state index in [1.165, 1.54) is 36.8 Å². The van der Waals surface area contributed by atoms with Gasteiger partial charge < -0.3 is 15.0 Å². The topological polar surface area (TPSA) is 44.8 Å². The first kappa shape index (κ1) is 15.9. The molecule has 2 aliphatic heterocycles. The first-order valence-corrected chi connectivity index (χ1v) is 9.29. The van der Waals surface area contributed by atoms with E-state index >= 15 is 0 Å². The Kier molecular flexibility index (Phi) is 4.72. The quantitative estimate of drug-likeness (QED) is 0.927. The molecule has 0 spiro atoms. The summed E-state index contributed by atoms with van der Waals surface area (Å²) in [6.45, 7) is 5.40. The molecule has 5 nitrogen and oxygen atoms in total. The number of carbonyl (C=O) groups excluding carboxylic acids is 1. The minimum Gasteiger partial charge on any atom is -0.377 e. The Morgan fingerprint density at radius 1 is 1.12 bits per heavy atom. The number of amides is 2. The van der Waals surface area contributed by atoms with Gasteiger partial charge in [0.2, 0.25) is 0 Å². The van der Waals surface area contributed by atoms with Crippen molar-refractivity contribution in [1.29, 1.82) is 0 Å². The number of urea groups is 1. The van der Waals surface area contributed by atoms with Gasteiger partial charge in [0, 0.05) is 45.0 Å². The maximum atomic E-state index is 12.5. The Morgan fingerprint density at radius 3 is 2.75 bits per heavy atom. The van der Waals surface area contributed by atoms with Crippen LogP contribution >= 0.6 is 0 Å². The molecule has 130 valence electrons. The van der Waals surface area contributed by atoms with Crippen LogP contribution < -0.4 is 5.32 Å². The first-order chi connectivity index (χ1) is 11.8. The van der Waals surface area contributed by atoms with E-state index in [-0.39, 0.29) is 6.03 Å². The van der Waals surface area contributed by atoms with Crippen molar-refractivity contribution < 1.29 is 9.53 Å². The van der Waals surface area contributed by atoms with Crippen LogP contribution in [0.15, 0.2) is 18.2 Å². The van der Waals surface area contributed by atoms with Crippen molar-refractivity contribution in [3.8, 4) is 0 Å². The van der Waals surface area contributed by atoms with Crippen LogP contribution in [-0.4, -0.2) is 61.3 Å². The second kappa shape index (κ2) is 7.11. The SMILES string of the molecule is O=C(Nc1ccc2c(c1)CCC2)N1CCN(C[C@@H]2CCCO2)CC1. The highest BCUT2D eigenvalue weighted by Crippen LogP contribution is 2.25. The summed E-state index contributed by atoms with van der Waals surface area (Å²) in [5.41, 5.74) is 3.77. The van der Waals surface area contributed by atoms with Gasteiger partial charge in [0.25, 0.3) is 0 Å². The van der Waals surface area contributed by atoms with Gasteiger partial charge in [-0.3, -0.25) is 4.90 Å². The maximum absolute atomic E-state index is 12.5. The van der Waals surface area contributed by atoms with E-state index in [2.05, 4.69) is 22.3 Å². The predicted molar refractivity (Wildman–Crippen MR) is 94.5 cm³/mol. The minimum absolute atomic E-state index is 0.0321. The van der Waals surface area contributed by atoms with E-state index in [0.717, 1.165) is 51.4 Å². The standard InChI is InChI=1S/C19H27N3O2/c23-19(20-17-7-6-15-3-1-4-16(15)13-17)22-10-8-21(9-11-22)14-18-5-2-12-24-18/h6-7,13,18H,1-5,8-12,14H2,(H,20,23)/t18-/m0/s1. The van der Waals surface area contributed by atoms with Gasteiger partial charge in [0.1, 0.15) is 0 Å². The van der Waals surface area contributed by atoms with E-state index in [1.54, 1.807) is 0 Å². The number of anilines is 1. The largest absolute Gasteiger partial charge is 0.377 e. The second-order valence-electron chi connectivity index (χ2n) is 7.19. The Hall–Kier alpha value is -1.59. The molecule has 5 heteroatoms. The van der Waals surface area contributed by atoms with Crippen LogP contribution in [0.3, 0.4) is 0 Å². The number of piperazine rings is 1. The number of carbonyl (C=O) groups is 1. The summed E-state index contributed by atoms with van der Waals surface area (Å²) in [5, 5.41) is 3.07. The fourth-order valence-corrected chi connectivity index (χ4v) is 4.06. The molecule has 1 atom stereocenters. The van der Waals surface area contributed by atoms with Gasteiger partial charge >= 0.3 is 6.03 Å². The molecule has 1 aliphatic carbocycles. The molecule has 1 N–H and O–H groups in total. The Balaban J connectivity index is 1.27. The average molecular weight is 329 g/mol. The highest BCUT2D eigenvalue weighted by atomic mass is 16.5. The lowest BCUT2D eigenvalue weighted by Gasteiger charge is -2.35. The summed E-state index contributed by atoms with van der Waals surface area (Å²) in [6, 6.07) is 6.38. The first-order valence-electron chi connectivity index (χ1n) is 9.29. The zero-order valence-corrected chi connectivity index (χ0v) is 14.3. The molecule has 0 unspecified atom stereocenters. The predicted octanol–water partition coefficient (Wildman–Crippen LogP) is 2.50. The van der Waals surface area contributed by atoms with Crippen molar-refractivity contribution in [2.75, 3.05) is 44.6 Å². The fraction of sp³-hybridized carbons (Fsp3) is 0.632. The van der Waals surface area contributed by atoms with Crippen LogP contribution in [0, 0.1) is 0 Å². The monoisotopic (exact) mass is 329 g/mol. The molecule has 2 heterocycles. The number of rotatable bonds is 3. The van der Waals surface area contributed by atoms with Crippen LogP contribution in [0.4, 0.5) is 10.5 Å². The minimum atomic E-state index is 0.0321. The van der Waals surface area contributed by atoms with E-state index < -0.39 is 0 Å². The molecule has 0 radical (unpaired) electrons. The number of benzene rings is 1. The van der Waals surface area contributed by atoms with Gasteiger partial charge in [-0.25, -0.2) is 4.79 Å². The second-order valence-corrected chi connectivity index (χ2v) is 7.19. The zero-order valence-electron chi connectivity index (χ0n) is 14.3. The van der Waals surface area contributed by atoms with E-state index in [9.17, 15) is 4.79 Å². The summed E-state index contributed by atoms with van der Waals surface area (Å²) in [5.74, 6) is 0. The molecule has 1 aromatic rings. The van der Waals surface area contributed by atoms with Crippen molar-refractivity contribution in [2.45, 2.75) is 38.2 Å². The fourth-order valence-electron chi connectivity index (χ4n) is 4.06. The number of nitrogens with zero attached hydrogens (tertiary/aromatic N) is 2. The molecular weight excluding hydrogens is 302 g/mol. The van der Waals surface area contributed by atoms with Crippen molar-refractivity contribution in [1.82, 2.24) is 9.80 Å². The number of aryl methyl sites for hydroxylation is 2. The van der Waals surface area contributed by atoms with Crippen LogP contribution in [0.25, 0.3) is 0 Å². The van der Waals surface area contributed by atoms with Crippen molar-refractivity contribution in [3.05, 3.63) is 29.3 Å². The molecule has 3 aliphatic rings. The molecule has 2 fully saturated rings. The summed E-state index contributed by atoms with van der Waals surface area (Å²) < 4.78 is 5.71. The highest BCUT2D eigenvalue weighted by Gasteiger charge is 2.25. The summed E-state index contributed by atoms with van der Waals surface area (Å²) in [4.78, 5) is 16.8. The van der Waals surface area contributed by atoms with Crippen LogP contribution in [0.2, 0.25) is 0 Å². The lowest BCUT2D eigenvalue weighted by Crippen LogP contribution is -2.51. The molecule has 2 saturated heterocycles. The summed E-state index contributed by atoms with van der Waals surface area (Å²) >= 11 is 0. The molecule has 2 amide bonds. The van der Waals surface area contributed by atoms with E-state index in [4.69, 9.17) is 4.74 Å². The van der Waals surface area contributed by atoms with Gasteiger partial charge in [-0.2, -0.15) is 0 Å². The molecular formula is C19H27N3O2. The number of nitrogens with one attached hydrogen (secondary N) is 1. The normalized spacial score (nSPS) is 24.2. The average Bonchev–Trinajstić information content (AvgIpc) is 3.26. The van der Waals surface area contributed by atoms with Crippen molar-refractivity contribution >= 4 is 11.7 Å². The molecule has 24 heavy (non-hydrogen) atoms. The van der Waals surface area contributed by atoms with Gasteiger partial charge in [0.05, 0.1) is 6.10 Å². The van der Waals surface area contributed by atoms with Gasteiger partial charge in [-0.15, -0.1) is 0 Å². The lowest BCUT2D eigenvalue weighted by molar-refractivity contribution is 0.0572. The molecule has 0 aromatic heterocycles. The smallest absolute Gasteiger partial charge is 0.321 e. The number of hydrogen-bond donors (Lipinski definition) is 1. The Morgan fingerprint density at radius 2 is 1.96 bits per heavy atom. The van der Waals surface area contributed by atoms with Gasteiger partial charge in [0.15, 0.2) is 0 Å². The van der Waals surface area contributed by atoms with Crippen LogP contribution in [0.1, 0.15) is 30.4 Å². The zero-order chi connectivity index (χ0) is 16.4. The van der Waals surface area contributed by atoms with Crippen molar-refractivity contribution in [2.24, 2.45) is 0 Å². The Bertz CT molecular complexity index is 590. The Labute approximate surface area is 144 Å². The number of hydrogen-bond acceptors (Lipinski definition) is 3. The molecule has 1 aromatic carbocycles. The lowest BCUT2D eigenvalue weighted by atomic mass is 10.1.